The summed E-state index contributed by atoms with van der Waals surface area (Å²) in [6.07, 6.45) is 14.1. The SMILES string of the molecule is COCO[C@H]1CCC2=C(C1)C(CF)C[C@@H]1[C@@H]2CC[C@]2(C)[C@@H]([C@H](C)CCCC(C)C)CC[C@@H]12. The van der Waals surface area contributed by atoms with Gasteiger partial charge in [-0.3, -0.25) is 4.39 Å². The molecular weight excluding hydrogens is 399 g/mol. The summed E-state index contributed by atoms with van der Waals surface area (Å²) in [5.41, 5.74) is 3.59. The number of methoxy groups -OCH3 is 1. The van der Waals surface area contributed by atoms with Crippen LogP contribution in [0.25, 0.3) is 0 Å². The van der Waals surface area contributed by atoms with Crippen LogP contribution < -0.4 is 0 Å². The Balaban J connectivity index is 1.48. The predicted molar refractivity (Wildman–Crippen MR) is 130 cm³/mol. The minimum Gasteiger partial charge on any atom is -0.359 e. The van der Waals surface area contributed by atoms with Crippen LogP contribution in [-0.2, 0) is 9.47 Å². The Kier molecular flexibility index (Phi) is 8.08. The monoisotopic (exact) mass is 448 g/mol. The molecule has 3 heteroatoms. The zero-order chi connectivity index (χ0) is 22.9. The third-order valence-corrected chi connectivity index (χ3v) is 10.3. The highest BCUT2D eigenvalue weighted by Gasteiger charge is 2.56. The van der Waals surface area contributed by atoms with Gasteiger partial charge in [0, 0.05) is 13.0 Å². The molecule has 0 aromatic rings. The molecule has 4 aliphatic carbocycles. The van der Waals surface area contributed by atoms with E-state index in [1.165, 1.54) is 50.5 Å². The maximum absolute atomic E-state index is 14.3. The normalized spacial score (nSPS) is 40.2. The standard InChI is InChI=1S/C29H49FO2/c1-19(2)7-6-8-20(3)27-11-12-28-26-15-21(17-30)25-16-22(32-18-31-5)9-10-23(25)24(26)13-14-29(27,28)4/h19-22,24,26-28H,6-18H2,1-5H3/t20-,21?,22+,24-,26-,27-,28+,29-/m1/s1. The molecule has 32 heavy (non-hydrogen) atoms. The second-order valence-electron chi connectivity index (χ2n) is 12.5. The van der Waals surface area contributed by atoms with E-state index in [0.717, 1.165) is 61.2 Å². The molecule has 0 bridgehead atoms. The molecule has 0 heterocycles. The molecule has 0 amide bonds. The van der Waals surface area contributed by atoms with Gasteiger partial charge < -0.3 is 9.47 Å². The Labute approximate surface area is 197 Å². The highest BCUT2D eigenvalue weighted by molar-refractivity contribution is 5.29. The number of fused-ring (bicyclic) bond motifs is 4. The lowest BCUT2D eigenvalue weighted by Gasteiger charge is -2.54. The van der Waals surface area contributed by atoms with E-state index in [9.17, 15) is 4.39 Å². The van der Waals surface area contributed by atoms with Gasteiger partial charge in [-0.1, -0.05) is 58.1 Å². The molecule has 0 radical (unpaired) electrons. The number of rotatable bonds is 9. The highest BCUT2D eigenvalue weighted by atomic mass is 19.1. The van der Waals surface area contributed by atoms with Crippen LogP contribution in [0.5, 0.6) is 0 Å². The molecule has 0 saturated heterocycles. The minimum atomic E-state index is -0.183. The van der Waals surface area contributed by atoms with Gasteiger partial charge in [0.05, 0.1) is 12.8 Å². The van der Waals surface area contributed by atoms with Gasteiger partial charge in [0.2, 0.25) is 0 Å². The summed E-state index contributed by atoms with van der Waals surface area (Å²) in [5, 5.41) is 0. The Morgan fingerprint density at radius 3 is 2.59 bits per heavy atom. The van der Waals surface area contributed by atoms with Crippen molar-refractivity contribution >= 4 is 0 Å². The summed E-state index contributed by atoms with van der Waals surface area (Å²) < 4.78 is 25.4. The fourth-order valence-electron chi connectivity index (χ4n) is 8.81. The van der Waals surface area contributed by atoms with Gasteiger partial charge >= 0.3 is 0 Å². The first-order valence-electron chi connectivity index (χ1n) is 13.8. The number of hydrogen-bond donors (Lipinski definition) is 0. The van der Waals surface area contributed by atoms with Crippen LogP contribution in [0.1, 0.15) is 98.3 Å². The van der Waals surface area contributed by atoms with E-state index in [1.54, 1.807) is 12.7 Å². The quantitative estimate of drug-likeness (QED) is 0.263. The predicted octanol–water partition coefficient (Wildman–Crippen LogP) is 7.97. The highest BCUT2D eigenvalue weighted by Crippen LogP contribution is 2.65. The van der Waals surface area contributed by atoms with Crippen LogP contribution in [0.2, 0.25) is 0 Å². The average Bonchev–Trinajstić information content (AvgIpc) is 3.14. The number of alkyl halides is 1. The van der Waals surface area contributed by atoms with Crippen LogP contribution in [0, 0.1) is 46.8 Å². The van der Waals surface area contributed by atoms with Crippen molar-refractivity contribution in [1.82, 2.24) is 0 Å². The lowest BCUT2D eigenvalue weighted by molar-refractivity contribution is -0.0790. The van der Waals surface area contributed by atoms with Crippen molar-refractivity contribution in [3.63, 3.8) is 0 Å². The van der Waals surface area contributed by atoms with E-state index in [1.807, 2.05) is 0 Å². The molecule has 0 aromatic carbocycles. The lowest BCUT2D eigenvalue weighted by Crippen LogP contribution is -2.47. The molecule has 2 fully saturated rings. The Morgan fingerprint density at radius 1 is 1.06 bits per heavy atom. The fourth-order valence-corrected chi connectivity index (χ4v) is 8.81. The molecule has 0 spiro atoms. The molecular formula is C29H49FO2. The molecule has 2 saturated carbocycles. The Bertz CT molecular complexity index is 658. The number of allylic oxidation sites excluding steroid dienone is 1. The molecule has 4 aliphatic rings. The second kappa shape index (κ2) is 10.5. The van der Waals surface area contributed by atoms with Crippen molar-refractivity contribution in [1.29, 1.82) is 0 Å². The van der Waals surface area contributed by atoms with E-state index in [2.05, 4.69) is 27.7 Å². The first-order valence-corrected chi connectivity index (χ1v) is 13.8. The summed E-state index contributed by atoms with van der Waals surface area (Å²) in [4.78, 5) is 0. The van der Waals surface area contributed by atoms with Crippen molar-refractivity contribution in [3.05, 3.63) is 11.1 Å². The van der Waals surface area contributed by atoms with Crippen LogP contribution in [0.4, 0.5) is 4.39 Å². The summed E-state index contributed by atoms with van der Waals surface area (Å²) in [6.45, 7) is 10.0. The smallest absolute Gasteiger partial charge is 0.146 e. The van der Waals surface area contributed by atoms with Crippen molar-refractivity contribution in [2.45, 2.75) is 104 Å². The number of halogens is 1. The molecule has 4 rings (SSSR count). The second-order valence-corrected chi connectivity index (χ2v) is 12.5. The van der Waals surface area contributed by atoms with E-state index in [4.69, 9.17) is 9.47 Å². The largest absolute Gasteiger partial charge is 0.359 e. The maximum Gasteiger partial charge on any atom is 0.146 e. The molecule has 2 nitrogen and oxygen atoms in total. The fraction of sp³-hybridized carbons (Fsp3) is 0.931. The Morgan fingerprint density at radius 2 is 1.88 bits per heavy atom. The summed E-state index contributed by atoms with van der Waals surface area (Å²) in [7, 11) is 1.68. The van der Waals surface area contributed by atoms with E-state index >= 15 is 0 Å². The first-order chi connectivity index (χ1) is 15.4. The van der Waals surface area contributed by atoms with Gasteiger partial charge in [0.1, 0.15) is 6.79 Å². The van der Waals surface area contributed by atoms with Gasteiger partial charge in [-0.2, -0.15) is 0 Å². The van der Waals surface area contributed by atoms with Gasteiger partial charge in [-0.25, -0.2) is 0 Å². The summed E-state index contributed by atoms with van der Waals surface area (Å²) >= 11 is 0. The average molecular weight is 449 g/mol. The van der Waals surface area contributed by atoms with Gasteiger partial charge in [0.25, 0.3) is 0 Å². The Hall–Kier alpha value is -0.410. The molecule has 0 aromatic heterocycles. The first kappa shape index (κ1) is 24.7. The van der Waals surface area contributed by atoms with E-state index in [-0.39, 0.29) is 18.7 Å². The maximum atomic E-state index is 14.3. The lowest BCUT2D eigenvalue weighted by atomic mass is 9.51. The van der Waals surface area contributed by atoms with Crippen molar-refractivity contribution < 1.29 is 13.9 Å². The van der Waals surface area contributed by atoms with E-state index < -0.39 is 0 Å². The van der Waals surface area contributed by atoms with Crippen molar-refractivity contribution in [2.75, 3.05) is 20.6 Å². The summed E-state index contributed by atoms with van der Waals surface area (Å²) in [6, 6.07) is 0. The number of ether oxygens (including phenoxy) is 2. The minimum absolute atomic E-state index is 0.144. The third kappa shape index (κ3) is 4.72. The van der Waals surface area contributed by atoms with Crippen LogP contribution >= 0.6 is 0 Å². The van der Waals surface area contributed by atoms with Crippen LogP contribution in [0.3, 0.4) is 0 Å². The number of hydrogen-bond acceptors (Lipinski definition) is 2. The summed E-state index contributed by atoms with van der Waals surface area (Å²) in [5.74, 6) is 4.93. The van der Waals surface area contributed by atoms with Gasteiger partial charge in [0.15, 0.2) is 0 Å². The zero-order valence-corrected chi connectivity index (χ0v) is 21.5. The van der Waals surface area contributed by atoms with Gasteiger partial charge in [-0.15, -0.1) is 0 Å². The molecule has 184 valence electrons. The van der Waals surface area contributed by atoms with E-state index in [0.29, 0.717) is 12.2 Å². The third-order valence-electron chi connectivity index (χ3n) is 10.3. The van der Waals surface area contributed by atoms with Crippen LogP contribution in [0.15, 0.2) is 11.1 Å². The topological polar surface area (TPSA) is 18.5 Å². The van der Waals surface area contributed by atoms with Crippen molar-refractivity contribution in [3.8, 4) is 0 Å². The molecule has 0 N–H and O–H groups in total. The van der Waals surface area contributed by atoms with Crippen LogP contribution in [-0.4, -0.2) is 26.7 Å². The molecule has 8 atom stereocenters. The molecule has 0 aliphatic heterocycles. The molecule has 1 unspecified atom stereocenters. The van der Waals surface area contributed by atoms with Gasteiger partial charge in [-0.05, 0) is 92.3 Å². The zero-order valence-electron chi connectivity index (χ0n) is 21.5. The van der Waals surface area contributed by atoms with Crippen molar-refractivity contribution in [2.24, 2.45) is 46.8 Å².